The Hall–Kier alpha value is -1.86. The number of anilines is 1. The van der Waals surface area contributed by atoms with Crippen LogP contribution in [0.4, 0.5) is 5.69 Å². The molecule has 3 rings (SSSR count). The quantitative estimate of drug-likeness (QED) is 0.902. The molecule has 1 fully saturated rings. The molecule has 130 valence electrons. The number of nitrogens with one attached hydrogen (secondary N) is 1. The van der Waals surface area contributed by atoms with E-state index in [1.165, 1.54) is 15.3 Å². The second-order valence-corrected chi connectivity index (χ2v) is 7.61. The van der Waals surface area contributed by atoms with Crippen LogP contribution in [0.1, 0.15) is 28.3 Å². The third-order valence-corrected chi connectivity index (χ3v) is 5.21. The number of carbonyl (C=O) groups excluding carboxylic acids is 1. The van der Waals surface area contributed by atoms with Crippen LogP contribution in [0.2, 0.25) is 0 Å². The number of amides is 1. The van der Waals surface area contributed by atoms with Gasteiger partial charge in [-0.15, -0.1) is 11.3 Å². The van der Waals surface area contributed by atoms with Gasteiger partial charge >= 0.3 is 0 Å². The largest absolute Gasteiger partial charge is 0.378 e. The highest BCUT2D eigenvalue weighted by Gasteiger charge is 2.18. The molecular formula is C17H24N4O2S. The van der Waals surface area contributed by atoms with E-state index in [9.17, 15) is 4.79 Å². The molecule has 7 heteroatoms. The first kappa shape index (κ1) is 17.0. The van der Waals surface area contributed by atoms with Crippen molar-refractivity contribution >= 4 is 22.9 Å². The Bertz CT molecular complexity index is 703. The van der Waals surface area contributed by atoms with E-state index in [1.54, 1.807) is 10.9 Å². The molecule has 0 aliphatic carbocycles. The number of ether oxygens (including phenoxy) is 1. The lowest BCUT2D eigenvalue weighted by atomic mass is 10.1. The highest BCUT2D eigenvalue weighted by Crippen LogP contribution is 2.28. The summed E-state index contributed by atoms with van der Waals surface area (Å²) >= 11 is 1.82. The summed E-state index contributed by atoms with van der Waals surface area (Å²) in [6.07, 6.45) is 3.67. The third-order valence-electron chi connectivity index (χ3n) is 4.22. The van der Waals surface area contributed by atoms with Crippen molar-refractivity contribution < 1.29 is 9.53 Å². The van der Waals surface area contributed by atoms with E-state index in [0.29, 0.717) is 26.3 Å². The van der Waals surface area contributed by atoms with E-state index in [1.807, 2.05) is 22.4 Å². The number of nitrogens with zero attached hydrogens (tertiary/aromatic N) is 3. The summed E-state index contributed by atoms with van der Waals surface area (Å²) in [4.78, 5) is 16.7. The van der Waals surface area contributed by atoms with Crippen LogP contribution in [-0.2, 0) is 16.1 Å². The standard InChI is InChI=1S/C17H24N4O2S/c1-12-8-16(14(3)24-12)13(2)19-15-9-18-21(10-15)11-17(22)20-4-6-23-7-5-20/h8-10,13,19H,4-7,11H2,1-3H3/t13-/m0/s1. The first-order valence-electron chi connectivity index (χ1n) is 8.24. The number of morpholine rings is 1. The molecule has 3 heterocycles. The first-order chi connectivity index (χ1) is 11.5. The fourth-order valence-corrected chi connectivity index (χ4v) is 4.01. The van der Waals surface area contributed by atoms with E-state index < -0.39 is 0 Å². The molecular weight excluding hydrogens is 324 g/mol. The molecule has 0 radical (unpaired) electrons. The van der Waals surface area contributed by atoms with Crippen molar-refractivity contribution in [2.75, 3.05) is 31.6 Å². The summed E-state index contributed by atoms with van der Waals surface area (Å²) in [6, 6.07) is 2.44. The van der Waals surface area contributed by atoms with E-state index in [-0.39, 0.29) is 18.5 Å². The zero-order valence-corrected chi connectivity index (χ0v) is 15.2. The Morgan fingerprint density at radius 3 is 2.83 bits per heavy atom. The summed E-state index contributed by atoms with van der Waals surface area (Å²) in [5, 5.41) is 7.77. The molecule has 2 aromatic rings. The van der Waals surface area contributed by atoms with Crippen molar-refractivity contribution in [1.82, 2.24) is 14.7 Å². The van der Waals surface area contributed by atoms with E-state index >= 15 is 0 Å². The van der Waals surface area contributed by atoms with Crippen LogP contribution in [0.15, 0.2) is 18.5 Å². The zero-order valence-electron chi connectivity index (χ0n) is 14.4. The molecule has 1 N–H and O–H groups in total. The highest BCUT2D eigenvalue weighted by atomic mass is 32.1. The van der Waals surface area contributed by atoms with Crippen molar-refractivity contribution in [2.24, 2.45) is 0 Å². The molecule has 1 amide bonds. The second-order valence-electron chi connectivity index (χ2n) is 6.15. The van der Waals surface area contributed by atoms with Crippen molar-refractivity contribution in [2.45, 2.75) is 33.4 Å². The lowest BCUT2D eigenvalue weighted by Gasteiger charge is -2.26. The van der Waals surface area contributed by atoms with Gasteiger partial charge in [-0.2, -0.15) is 5.10 Å². The van der Waals surface area contributed by atoms with Crippen LogP contribution >= 0.6 is 11.3 Å². The Balaban J connectivity index is 1.59. The smallest absolute Gasteiger partial charge is 0.244 e. The van der Waals surface area contributed by atoms with Crippen molar-refractivity contribution in [3.8, 4) is 0 Å². The Morgan fingerprint density at radius 1 is 1.42 bits per heavy atom. The molecule has 6 nitrogen and oxygen atoms in total. The number of hydrogen-bond donors (Lipinski definition) is 1. The third kappa shape index (κ3) is 3.96. The first-order valence-corrected chi connectivity index (χ1v) is 9.06. The van der Waals surface area contributed by atoms with Crippen molar-refractivity contribution in [3.63, 3.8) is 0 Å². The minimum Gasteiger partial charge on any atom is -0.378 e. The predicted octanol–water partition coefficient (Wildman–Crippen LogP) is 2.59. The molecule has 0 spiro atoms. The van der Waals surface area contributed by atoms with Crippen LogP contribution in [0.3, 0.4) is 0 Å². The number of aryl methyl sites for hydroxylation is 2. The maximum absolute atomic E-state index is 12.3. The fraction of sp³-hybridized carbons (Fsp3) is 0.529. The van der Waals surface area contributed by atoms with Crippen LogP contribution in [0.25, 0.3) is 0 Å². The summed E-state index contributed by atoms with van der Waals surface area (Å²) in [6.45, 7) is 9.26. The van der Waals surface area contributed by atoms with Gasteiger partial charge in [0.05, 0.1) is 25.1 Å². The van der Waals surface area contributed by atoms with Gasteiger partial charge in [-0.3, -0.25) is 9.48 Å². The predicted molar refractivity (Wildman–Crippen MR) is 95.5 cm³/mol. The molecule has 1 atom stereocenters. The summed E-state index contributed by atoms with van der Waals surface area (Å²) < 4.78 is 6.97. The van der Waals surface area contributed by atoms with Crippen molar-refractivity contribution in [1.29, 1.82) is 0 Å². The van der Waals surface area contributed by atoms with Crippen LogP contribution in [0, 0.1) is 13.8 Å². The van der Waals surface area contributed by atoms with E-state index in [2.05, 4.69) is 37.3 Å². The number of rotatable bonds is 5. The Morgan fingerprint density at radius 2 is 2.17 bits per heavy atom. The Kier molecular flexibility index (Phi) is 5.20. The van der Waals surface area contributed by atoms with Gasteiger partial charge in [-0.1, -0.05) is 0 Å². The SMILES string of the molecule is Cc1cc([C@H](C)Nc2cnn(CC(=O)N3CCOCC3)c2)c(C)s1. The molecule has 0 bridgehead atoms. The van der Waals surface area contributed by atoms with Crippen LogP contribution in [0.5, 0.6) is 0 Å². The fourth-order valence-electron chi connectivity index (χ4n) is 2.98. The molecule has 1 aliphatic heterocycles. The number of carbonyl (C=O) groups is 1. The summed E-state index contributed by atoms with van der Waals surface area (Å²) in [5.41, 5.74) is 2.25. The maximum Gasteiger partial charge on any atom is 0.244 e. The lowest BCUT2D eigenvalue weighted by molar-refractivity contribution is -0.136. The molecule has 1 saturated heterocycles. The van der Waals surface area contributed by atoms with Gasteiger partial charge < -0.3 is 15.0 Å². The summed E-state index contributed by atoms with van der Waals surface area (Å²) in [5.74, 6) is 0.0882. The minimum absolute atomic E-state index is 0.0882. The lowest BCUT2D eigenvalue weighted by Crippen LogP contribution is -2.42. The number of aromatic nitrogens is 2. The van der Waals surface area contributed by atoms with Gasteiger partial charge in [0.15, 0.2) is 0 Å². The van der Waals surface area contributed by atoms with Gasteiger partial charge in [0.25, 0.3) is 0 Å². The number of thiophene rings is 1. The summed E-state index contributed by atoms with van der Waals surface area (Å²) in [7, 11) is 0. The monoisotopic (exact) mass is 348 g/mol. The zero-order chi connectivity index (χ0) is 17.1. The van der Waals surface area contributed by atoms with Gasteiger partial charge in [0.1, 0.15) is 6.54 Å². The Labute approximate surface area is 146 Å². The average molecular weight is 348 g/mol. The molecule has 0 aromatic carbocycles. The maximum atomic E-state index is 12.3. The molecule has 0 saturated carbocycles. The van der Waals surface area contributed by atoms with E-state index in [4.69, 9.17) is 4.74 Å². The normalized spacial score (nSPS) is 16.2. The van der Waals surface area contributed by atoms with Gasteiger partial charge in [-0.25, -0.2) is 0 Å². The van der Waals surface area contributed by atoms with E-state index in [0.717, 1.165) is 5.69 Å². The molecule has 2 aromatic heterocycles. The minimum atomic E-state index is 0.0882. The molecule has 1 aliphatic rings. The topological polar surface area (TPSA) is 59.4 Å². The van der Waals surface area contributed by atoms with Gasteiger partial charge in [-0.05, 0) is 32.4 Å². The molecule has 0 unspecified atom stereocenters. The highest BCUT2D eigenvalue weighted by molar-refractivity contribution is 7.12. The van der Waals surface area contributed by atoms with Gasteiger partial charge in [0, 0.05) is 35.1 Å². The average Bonchev–Trinajstić information content (AvgIpc) is 3.14. The van der Waals surface area contributed by atoms with Gasteiger partial charge in [0.2, 0.25) is 5.91 Å². The van der Waals surface area contributed by atoms with Crippen LogP contribution < -0.4 is 5.32 Å². The molecule has 24 heavy (non-hydrogen) atoms. The van der Waals surface area contributed by atoms with Crippen LogP contribution in [-0.4, -0.2) is 46.9 Å². The number of hydrogen-bond acceptors (Lipinski definition) is 5. The van der Waals surface area contributed by atoms with Crippen molar-refractivity contribution in [3.05, 3.63) is 33.8 Å². The second kappa shape index (κ2) is 7.36.